The number of amides is 3. The highest BCUT2D eigenvalue weighted by molar-refractivity contribution is 9.10. The lowest BCUT2D eigenvalue weighted by Crippen LogP contribution is -2.51. The van der Waals surface area contributed by atoms with Gasteiger partial charge in [0.25, 0.3) is 0 Å². The van der Waals surface area contributed by atoms with Crippen LogP contribution in [0, 0.1) is 0 Å². The zero-order valence-electron chi connectivity index (χ0n) is 11.0. The average molecular weight is 356 g/mol. The Labute approximate surface area is 129 Å². The van der Waals surface area contributed by atoms with E-state index in [4.69, 9.17) is 5.11 Å². The Morgan fingerprint density at radius 1 is 1.38 bits per heavy atom. The van der Waals surface area contributed by atoms with Crippen molar-refractivity contribution in [2.75, 3.05) is 11.9 Å². The smallest absolute Gasteiger partial charge is 0.337 e. The Morgan fingerprint density at radius 2 is 2.14 bits per heavy atom. The monoisotopic (exact) mass is 355 g/mol. The molecule has 1 aliphatic heterocycles. The van der Waals surface area contributed by atoms with Gasteiger partial charge in [0.15, 0.2) is 0 Å². The van der Waals surface area contributed by atoms with Gasteiger partial charge in [0.05, 0.1) is 11.3 Å². The van der Waals surface area contributed by atoms with E-state index in [-0.39, 0.29) is 17.2 Å². The Bertz CT molecular complexity index is 591. The summed E-state index contributed by atoms with van der Waals surface area (Å²) in [6.45, 7) is 0.605. The van der Waals surface area contributed by atoms with Gasteiger partial charge in [-0.25, -0.2) is 9.59 Å². The van der Waals surface area contributed by atoms with Crippen molar-refractivity contribution in [3.05, 3.63) is 28.2 Å². The number of carbonyl (C=O) groups excluding carboxylic acids is 2. The topological polar surface area (TPSA) is 108 Å². The number of hydrogen-bond donors (Lipinski definition) is 4. The molecule has 1 fully saturated rings. The number of rotatable bonds is 3. The molecule has 0 bridgehead atoms. The molecule has 1 atom stereocenters. The van der Waals surface area contributed by atoms with Crippen LogP contribution in [0.3, 0.4) is 0 Å². The maximum absolute atomic E-state index is 11.9. The molecule has 1 heterocycles. The molecule has 1 aromatic rings. The normalized spacial score (nSPS) is 17.8. The minimum Gasteiger partial charge on any atom is -0.478 e. The maximum atomic E-state index is 11.9. The fraction of sp³-hybridized carbons (Fsp3) is 0.308. The molecule has 0 aliphatic carbocycles. The van der Waals surface area contributed by atoms with Gasteiger partial charge in [-0.05, 0) is 31.0 Å². The van der Waals surface area contributed by atoms with Crippen molar-refractivity contribution < 1.29 is 19.5 Å². The summed E-state index contributed by atoms with van der Waals surface area (Å²) in [5, 5.41) is 16.7. The lowest BCUT2D eigenvalue weighted by atomic mass is 10.1. The first-order valence-electron chi connectivity index (χ1n) is 6.35. The Kier molecular flexibility index (Phi) is 4.79. The molecule has 0 aromatic heterocycles. The van der Waals surface area contributed by atoms with Crippen LogP contribution in [0.25, 0.3) is 0 Å². The Hall–Kier alpha value is -2.09. The van der Waals surface area contributed by atoms with Crippen LogP contribution < -0.4 is 16.0 Å². The summed E-state index contributed by atoms with van der Waals surface area (Å²) in [5.74, 6) is -1.38. The lowest BCUT2D eigenvalue weighted by Gasteiger charge is -2.23. The fourth-order valence-electron chi connectivity index (χ4n) is 2.03. The number of aromatic carboxylic acids is 1. The van der Waals surface area contributed by atoms with Crippen LogP contribution in [-0.4, -0.2) is 35.6 Å². The Morgan fingerprint density at radius 3 is 2.81 bits per heavy atom. The minimum absolute atomic E-state index is 0.0264. The summed E-state index contributed by atoms with van der Waals surface area (Å²) < 4.78 is 0.637. The molecular formula is C13H14BrN3O4. The summed E-state index contributed by atoms with van der Waals surface area (Å²) in [7, 11) is 0. The molecule has 1 aliphatic rings. The molecule has 1 saturated heterocycles. The molecule has 112 valence electrons. The number of carboxylic acids is 1. The predicted octanol–water partition coefficient (Wildman–Crippen LogP) is 1.55. The molecule has 21 heavy (non-hydrogen) atoms. The van der Waals surface area contributed by atoms with Crippen molar-refractivity contribution in [1.82, 2.24) is 10.6 Å². The lowest BCUT2D eigenvalue weighted by molar-refractivity contribution is -0.124. The van der Waals surface area contributed by atoms with E-state index in [0.717, 1.165) is 6.42 Å². The van der Waals surface area contributed by atoms with Gasteiger partial charge >= 0.3 is 12.0 Å². The van der Waals surface area contributed by atoms with Crippen molar-refractivity contribution in [3.63, 3.8) is 0 Å². The standard InChI is InChI=1S/C13H14BrN3O4/c14-7-3-4-8(12(19)20)10(6-7)17-13(21)16-9-2-1-5-15-11(9)18/h3-4,6,9H,1-2,5H2,(H,15,18)(H,19,20)(H2,16,17,21). The molecular weight excluding hydrogens is 342 g/mol. The first-order valence-corrected chi connectivity index (χ1v) is 7.15. The number of carbonyl (C=O) groups is 3. The van der Waals surface area contributed by atoms with Gasteiger partial charge in [-0.2, -0.15) is 0 Å². The summed E-state index contributed by atoms with van der Waals surface area (Å²) in [6, 6.07) is 3.23. The van der Waals surface area contributed by atoms with Crippen LogP contribution in [0.5, 0.6) is 0 Å². The van der Waals surface area contributed by atoms with Gasteiger partial charge in [-0.3, -0.25) is 4.79 Å². The van der Waals surface area contributed by atoms with Gasteiger partial charge in [-0.1, -0.05) is 15.9 Å². The largest absolute Gasteiger partial charge is 0.478 e. The van der Waals surface area contributed by atoms with Crippen molar-refractivity contribution in [2.24, 2.45) is 0 Å². The first kappa shape index (κ1) is 15.3. The second-order valence-electron chi connectivity index (χ2n) is 4.58. The van der Waals surface area contributed by atoms with Crippen molar-refractivity contribution >= 4 is 39.5 Å². The van der Waals surface area contributed by atoms with Gasteiger partial charge in [0.1, 0.15) is 6.04 Å². The number of halogens is 1. The number of nitrogens with one attached hydrogen (secondary N) is 3. The van der Waals surface area contributed by atoms with E-state index in [1.165, 1.54) is 12.1 Å². The number of anilines is 1. The van der Waals surface area contributed by atoms with E-state index in [1.807, 2.05) is 0 Å². The highest BCUT2D eigenvalue weighted by Gasteiger charge is 2.24. The summed E-state index contributed by atoms with van der Waals surface area (Å²) >= 11 is 3.21. The van der Waals surface area contributed by atoms with E-state index < -0.39 is 18.0 Å². The third kappa shape index (κ3) is 3.94. The molecule has 8 heteroatoms. The first-order chi connectivity index (χ1) is 9.97. The summed E-state index contributed by atoms with van der Waals surface area (Å²) in [5.41, 5.74) is 0.132. The SMILES string of the molecule is O=C(Nc1cc(Br)ccc1C(=O)O)NC1CCCNC1=O. The summed E-state index contributed by atoms with van der Waals surface area (Å²) in [6.07, 6.45) is 1.34. The van der Waals surface area contributed by atoms with Crippen molar-refractivity contribution in [2.45, 2.75) is 18.9 Å². The van der Waals surface area contributed by atoms with Gasteiger partial charge < -0.3 is 21.1 Å². The molecule has 1 aromatic carbocycles. The predicted molar refractivity (Wildman–Crippen MR) is 79.3 cm³/mol. The molecule has 4 N–H and O–H groups in total. The summed E-state index contributed by atoms with van der Waals surface area (Å²) in [4.78, 5) is 34.6. The van der Waals surface area contributed by atoms with Crippen LogP contribution in [0.15, 0.2) is 22.7 Å². The number of hydrogen-bond acceptors (Lipinski definition) is 3. The molecule has 3 amide bonds. The molecule has 7 nitrogen and oxygen atoms in total. The van der Waals surface area contributed by atoms with Gasteiger partial charge in [0.2, 0.25) is 5.91 Å². The van der Waals surface area contributed by atoms with Crippen LogP contribution in [-0.2, 0) is 4.79 Å². The van der Waals surface area contributed by atoms with E-state index >= 15 is 0 Å². The maximum Gasteiger partial charge on any atom is 0.337 e. The highest BCUT2D eigenvalue weighted by atomic mass is 79.9. The highest BCUT2D eigenvalue weighted by Crippen LogP contribution is 2.21. The van der Waals surface area contributed by atoms with Gasteiger partial charge in [-0.15, -0.1) is 0 Å². The number of urea groups is 1. The van der Waals surface area contributed by atoms with E-state index in [2.05, 4.69) is 31.9 Å². The van der Waals surface area contributed by atoms with Gasteiger partial charge in [0, 0.05) is 11.0 Å². The Balaban J connectivity index is 2.07. The third-order valence-corrected chi connectivity index (χ3v) is 3.54. The minimum atomic E-state index is -1.15. The van der Waals surface area contributed by atoms with E-state index in [1.54, 1.807) is 6.07 Å². The average Bonchev–Trinajstić information content (AvgIpc) is 2.41. The number of carboxylic acid groups (broad SMARTS) is 1. The van der Waals surface area contributed by atoms with Crippen molar-refractivity contribution in [1.29, 1.82) is 0 Å². The molecule has 0 radical (unpaired) electrons. The van der Waals surface area contributed by atoms with Crippen LogP contribution in [0.1, 0.15) is 23.2 Å². The second-order valence-corrected chi connectivity index (χ2v) is 5.50. The molecule has 2 rings (SSSR count). The number of piperidine rings is 1. The zero-order chi connectivity index (χ0) is 15.4. The molecule has 1 unspecified atom stereocenters. The fourth-order valence-corrected chi connectivity index (χ4v) is 2.39. The molecule has 0 saturated carbocycles. The zero-order valence-corrected chi connectivity index (χ0v) is 12.6. The second kappa shape index (κ2) is 6.57. The van der Waals surface area contributed by atoms with E-state index in [9.17, 15) is 14.4 Å². The van der Waals surface area contributed by atoms with E-state index in [0.29, 0.717) is 17.4 Å². The van der Waals surface area contributed by atoms with Crippen LogP contribution in [0.4, 0.5) is 10.5 Å². The van der Waals surface area contributed by atoms with Crippen LogP contribution >= 0.6 is 15.9 Å². The van der Waals surface area contributed by atoms with Crippen LogP contribution in [0.2, 0.25) is 0 Å². The molecule has 0 spiro atoms. The third-order valence-electron chi connectivity index (χ3n) is 3.05. The quantitative estimate of drug-likeness (QED) is 0.659. The van der Waals surface area contributed by atoms with Crippen molar-refractivity contribution in [3.8, 4) is 0 Å². The number of benzene rings is 1.